The van der Waals surface area contributed by atoms with Crippen LogP contribution in [0.15, 0.2) is 90.5 Å². The molecule has 5 aliphatic carbocycles. The third-order valence-corrected chi connectivity index (χ3v) is 18.3. The van der Waals surface area contributed by atoms with Crippen molar-refractivity contribution in [3.05, 3.63) is 124 Å². The van der Waals surface area contributed by atoms with Gasteiger partial charge in [0.2, 0.25) is 0 Å². The number of allylic oxidation sites excluding steroid dienone is 1. The molecule has 4 aromatic carbocycles. The van der Waals surface area contributed by atoms with Gasteiger partial charge in [0, 0.05) is 28.4 Å². The number of Topliss-reactive ketones (excluding diaryl/α,β-unsaturated/α-hetero) is 1. The van der Waals surface area contributed by atoms with Crippen LogP contribution in [0.25, 0.3) is 27.8 Å². The quantitative estimate of drug-likeness (QED) is 0.0579. The molecule has 9 rings (SSSR count). The van der Waals surface area contributed by atoms with Gasteiger partial charge < -0.3 is 0 Å². The average molecular weight is 894 g/mol. The number of benzene rings is 4. The SMILES string of the molecule is CCCCCCC1(CCCCCC)c2ccccc2-c2ccc(C#CC3=C(c4ccc5c(c4)C(CCCCCC)(CCCCCC)c4ccccc4-5)[C@@]45CCCC[C@@H]4[C@]3(N(C)C)CC5=O)cc21. The lowest BCUT2D eigenvalue weighted by Crippen LogP contribution is -2.48. The predicted octanol–water partition coefficient (Wildman–Crippen LogP) is 17.4. The summed E-state index contributed by atoms with van der Waals surface area (Å²) in [7, 11) is 4.50. The highest BCUT2D eigenvalue weighted by Crippen LogP contribution is 2.71. The van der Waals surface area contributed by atoms with Gasteiger partial charge in [0.1, 0.15) is 5.78 Å². The minimum Gasteiger partial charge on any atom is -0.299 e. The molecule has 0 spiro atoms. The number of rotatable bonds is 22. The Morgan fingerprint density at radius 3 is 1.55 bits per heavy atom. The van der Waals surface area contributed by atoms with Gasteiger partial charge in [-0.3, -0.25) is 9.69 Å². The molecule has 0 aliphatic heterocycles. The lowest BCUT2D eigenvalue weighted by molar-refractivity contribution is -0.125. The average Bonchev–Trinajstić information content (AvgIpc) is 3.98. The molecule has 0 aromatic heterocycles. The zero-order chi connectivity index (χ0) is 46.7. The van der Waals surface area contributed by atoms with Crippen LogP contribution in [-0.4, -0.2) is 30.3 Å². The molecule has 2 nitrogen and oxygen atoms in total. The van der Waals surface area contributed by atoms with Gasteiger partial charge in [-0.2, -0.15) is 0 Å². The monoisotopic (exact) mass is 894 g/mol. The van der Waals surface area contributed by atoms with Gasteiger partial charge in [-0.1, -0.05) is 222 Å². The lowest BCUT2D eigenvalue weighted by atomic mass is 9.63. The van der Waals surface area contributed by atoms with Crippen molar-refractivity contribution in [2.75, 3.05) is 14.1 Å². The van der Waals surface area contributed by atoms with E-state index in [0.29, 0.717) is 12.2 Å². The van der Waals surface area contributed by atoms with Crippen LogP contribution >= 0.6 is 0 Å². The second-order valence-corrected chi connectivity index (χ2v) is 22.2. The van der Waals surface area contributed by atoms with Gasteiger partial charge in [-0.05, 0) is 132 Å². The number of hydrogen-bond donors (Lipinski definition) is 0. The molecule has 3 atom stereocenters. The van der Waals surface area contributed by atoms with Crippen LogP contribution in [-0.2, 0) is 15.6 Å². The molecule has 0 radical (unpaired) electrons. The number of ketones is 1. The normalized spacial score (nSPS) is 22.4. The molecule has 0 unspecified atom stereocenters. The first-order valence-electron chi connectivity index (χ1n) is 27.7. The molecule has 5 aliphatic rings. The van der Waals surface area contributed by atoms with Crippen molar-refractivity contribution in [2.24, 2.45) is 11.3 Å². The summed E-state index contributed by atoms with van der Waals surface area (Å²) in [6.45, 7) is 9.32. The number of carbonyl (C=O) groups excluding carboxylic acids is 1. The molecule has 2 fully saturated rings. The zero-order valence-electron chi connectivity index (χ0n) is 42.7. The number of nitrogens with zero attached hydrogens (tertiary/aromatic N) is 1. The molecule has 2 bridgehead atoms. The van der Waals surface area contributed by atoms with Crippen LogP contribution in [0.3, 0.4) is 0 Å². The molecular weight excluding hydrogens is 811 g/mol. The molecule has 4 aromatic rings. The van der Waals surface area contributed by atoms with Crippen molar-refractivity contribution in [1.29, 1.82) is 0 Å². The van der Waals surface area contributed by atoms with Crippen LogP contribution in [0.5, 0.6) is 0 Å². The van der Waals surface area contributed by atoms with E-state index in [4.69, 9.17) is 0 Å². The summed E-state index contributed by atoms with van der Waals surface area (Å²) >= 11 is 0. The molecule has 2 saturated carbocycles. The summed E-state index contributed by atoms with van der Waals surface area (Å²) in [5, 5.41) is 0. The summed E-state index contributed by atoms with van der Waals surface area (Å²) in [6, 6.07) is 33.5. The highest BCUT2D eigenvalue weighted by atomic mass is 16.1. The van der Waals surface area contributed by atoms with E-state index in [9.17, 15) is 0 Å². The summed E-state index contributed by atoms with van der Waals surface area (Å²) in [5.74, 6) is 8.72. The number of unbranched alkanes of at least 4 members (excludes halogenated alkanes) is 12. The fourth-order valence-electron chi connectivity index (χ4n) is 15.1. The van der Waals surface area contributed by atoms with Gasteiger partial charge in [0.25, 0.3) is 0 Å². The van der Waals surface area contributed by atoms with Crippen molar-refractivity contribution in [3.63, 3.8) is 0 Å². The Bertz CT molecular complexity index is 2480. The van der Waals surface area contributed by atoms with Crippen molar-refractivity contribution in [3.8, 4) is 34.1 Å². The summed E-state index contributed by atoms with van der Waals surface area (Å²) in [6.07, 6.45) is 30.1. The van der Waals surface area contributed by atoms with Crippen LogP contribution in [0, 0.1) is 23.2 Å². The molecule has 0 amide bonds. The van der Waals surface area contributed by atoms with E-state index in [0.717, 1.165) is 24.8 Å². The van der Waals surface area contributed by atoms with Crippen molar-refractivity contribution < 1.29 is 4.79 Å². The van der Waals surface area contributed by atoms with Crippen LogP contribution in [0.2, 0.25) is 0 Å². The Morgan fingerprint density at radius 2 is 1.03 bits per heavy atom. The predicted molar refractivity (Wildman–Crippen MR) is 285 cm³/mol. The van der Waals surface area contributed by atoms with E-state index < -0.39 is 11.0 Å². The third kappa shape index (κ3) is 8.04. The first-order valence-corrected chi connectivity index (χ1v) is 27.7. The highest BCUT2D eigenvalue weighted by molar-refractivity contribution is 6.08. The van der Waals surface area contributed by atoms with Crippen LogP contribution in [0.1, 0.15) is 222 Å². The maximum absolute atomic E-state index is 15.1. The maximum atomic E-state index is 15.1. The van der Waals surface area contributed by atoms with Gasteiger partial charge in [0.15, 0.2) is 0 Å². The van der Waals surface area contributed by atoms with E-state index in [1.54, 1.807) is 5.56 Å². The molecule has 0 heterocycles. The number of carbonyl (C=O) groups is 1. The number of hydrogen-bond acceptors (Lipinski definition) is 2. The van der Waals surface area contributed by atoms with Crippen molar-refractivity contribution in [1.82, 2.24) is 4.90 Å². The Hall–Kier alpha value is -4.19. The Balaban J connectivity index is 1.21. The lowest BCUT2D eigenvalue weighted by Gasteiger charge is -2.42. The Labute approximate surface area is 407 Å². The second kappa shape index (κ2) is 20.4. The number of fused-ring (bicyclic) bond motifs is 6. The molecule has 354 valence electrons. The van der Waals surface area contributed by atoms with E-state index in [2.05, 4.69) is 143 Å². The number of likely N-dealkylation sites (N-methyl/N-ethyl adjacent to an activating group) is 1. The summed E-state index contributed by atoms with van der Waals surface area (Å²) < 4.78 is 0. The molecular formula is C65H83NO. The maximum Gasteiger partial charge on any atom is 0.146 e. The van der Waals surface area contributed by atoms with Gasteiger partial charge in [-0.15, -0.1) is 0 Å². The van der Waals surface area contributed by atoms with E-state index in [1.807, 2.05) is 0 Å². The van der Waals surface area contributed by atoms with Crippen LogP contribution in [0.4, 0.5) is 0 Å². The van der Waals surface area contributed by atoms with E-state index in [-0.39, 0.29) is 16.7 Å². The van der Waals surface area contributed by atoms with E-state index >= 15 is 4.79 Å². The second-order valence-electron chi connectivity index (χ2n) is 22.2. The Kier molecular flexibility index (Phi) is 14.6. The molecule has 0 saturated heterocycles. The zero-order valence-corrected chi connectivity index (χ0v) is 42.7. The third-order valence-electron chi connectivity index (χ3n) is 18.3. The molecule has 2 heteroatoms. The van der Waals surface area contributed by atoms with E-state index in [1.165, 1.54) is 190 Å². The van der Waals surface area contributed by atoms with Crippen LogP contribution < -0.4 is 0 Å². The first-order chi connectivity index (χ1) is 32.8. The molecule has 0 N–H and O–H groups in total. The van der Waals surface area contributed by atoms with Gasteiger partial charge in [0.05, 0.1) is 11.0 Å². The summed E-state index contributed by atoms with van der Waals surface area (Å²) in [4.78, 5) is 17.5. The largest absolute Gasteiger partial charge is 0.299 e. The smallest absolute Gasteiger partial charge is 0.146 e. The van der Waals surface area contributed by atoms with Crippen molar-refractivity contribution >= 4 is 11.4 Å². The topological polar surface area (TPSA) is 20.3 Å². The van der Waals surface area contributed by atoms with Gasteiger partial charge in [-0.25, -0.2) is 0 Å². The minimum absolute atomic E-state index is 0.0120. The standard InChI is InChI=1S/C65H83NO/c1-7-11-15-24-40-62(41-25-16-12-8-2)54-31-21-19-29-50(54)52-37-34-48(45-57(52)62)35-39-56-61(64-44-28-23-33-59(64)65(56,66(5)6)47-60(64)67)49-36-38-53-51-30-20-22-32-55(51)63(58(53)46-49,42-26-17-13-9-3)43-27-18-14-10-4/h19-22,29-32,34,36-38,45-46,59H,7-18,23-28,33,40-44,47H2,1-6H3/t59-,64-,65-/m0/s1. The Morgan fingerprint density at radius 1 is 0.537 bits per heavy atom. The first kappa shape index (κ1) is 47.9. The fraction of sp³-hybridized carbons (Fsp3) is 0.554. The molecule has 67 heavy (non-hydrogen) atoms. The minimum atomic E-state index is -0.483. The van der Waals surface area contributed by atoms with Crippen molar-refractivity contribution in [2.45, 2.75) is 205 Å². The van der Waals surface area contributed by atoms with Gasteiger partial charge >= 0.3 is 0 Å². The fourth-order valence-corrected chi connectivity index (χ4v) is 15.1. The summed E-state index contributed by atoms with van der Waals surface area (Å²) in [5.41, 5.74) is 15.8. The highest BCUT2D eigenvalue weighted by Gasteiger charge is 2.71.